The highest BCUT2D eigenvalue weighted by molar-refractivity contribution is 7.86. The quantitative estimate of drug-likeness (QED) is 0.694. The molecular formula is C18H28N4O4S. The standard InChI is InChI=1S/C18H28N4O4S/c1-19-7-11-21(12-8-19)27(24,25)22-13-9-20(10-14-22)18(23)15-16-3-5-17(26-2)6-4-16/h3-6H,7-15H2,1-2H3. The second-order valence-electron chi connectivity index (χ2n) is 7.01. The highest BCUT2D eigenvalue weighted by Crippen LogP contribution is 2.16. The Morgan fingerprint density at radius 3 is 1.96 bits per heavy atom. The van der Waals surface area contributed by atoms with Crippen molar-refractivity contribution in [3.8, 4) is 5.75 Å². The molecule has 0 unspecified atom stereocenters. The van der Waals surface area contributed by atoms with Crippen LogP contribution >= 0.6 is 0 Å². The number of benzene rings is 1. The fraction of sp³-hybridized carbons (Fsp3) is 0.611. The van der Waals surface area contributed by atoms with Gasteiger partial charge in [0, 0.05) is 52.4 Å². The molecule has 2 aliphatic heterocycles. The summed E-state index contributed by atoms with van der Waals surface area (Å²) in [5.74, 6) is 0.783. The average molecular weight is 397 g/mol. The number of hydrogen-bond donors (Lipinski definition) is 0. The molecule has 0 aliphatic carbocycles. The van der Waals surface area contributed by atoms with Gasteiger partial charge in [-0.1, -0.05) is 12.1 Å². The van der Waals surface area contributed by atoms with Crippen molar-refractivity contribution in [1.29, 1.82) is 0 Å². The molecule has 2 heterocycles. The van der Waals surface area contributed by atoms with Gasteiger partial charge in [-0.05, 0) is 24.7 Å². The molecule has 3 rings (SSSR count). The Kier molecular flexibility index (Phi) is 6.36. The van der Waals surface area contributed by atoms with E-state index in [0.717, 1.165) is 24.4 Å². The van der Waals surface area contributed by atoms with Gasteiger partial charge in [-0.25, -0.2) is 0 Å². The van der Waals surface area contributed by atoms with Crippen LogP contribution in [0.5, 0.6) is 5.75 Å². The Balaban J connectivity index is 1.52. The van der Waals surface area contributed by atoms with Crippen LogP contribution in [0.1, 0.15) is 5.56 Å². The van der Waals surface area contributed by atoms with Crippen LogP contribution in [0.2, 0.25) is 0 Å². The molecule has 27 heavy (non-hydrogen) atoms. The summed E-state index contributed by atoms with van der Waals surface area (Å²) >= 11 is 0. The minimum atomic E-state index is -3.44. The van der Waals surface area contributed by atoms with Crippen LogP contribution in [-0.2, 0) is 21.4 Å². The van der Waals surface area contributed by atoms with Crippen LogP contribution in [0.3, 0.4) is 0 Å². The largest absolute Gasteiger partial charge is 0.497 e. The van der Waals surface area contributed by atoms with Gasteiger partial charge in [0.2, 0.25) is 5.91 Å². The second kappa shape index (κ2) is 8.55. The number of amides is 1. The van der Waals surface area contributed by atoms with E-state index in [-0.39, 0.29) is 5.91 Å². The van der Waals surface area contributed by atoms with Crippen LogP contribution in [0.15, 0.2) is 24.3 Å². The number of methoxy groups -OCH3 is 1. The van der Waals surface area contributed by atoms with Crippen molar-refractivity contribution in [3.05, 3.63) is 29.8 Å². The van der Waals surface area contributed by atoms with Crippen LogP contribution in [0, 0.1) is 0 Å². The summed E-state index contributed by atoms with van der Waals surface area (Å²) in [6.07, 6.45) is 0.315. The van der Waals surface area contributed by atoms with Gasteiger partial charge in [0.15, 0.2) is 0 Å². The smallest absolute Gasteiger partial charge is 0.282 e. The number of carbonyl (C=O) groups is 1. The summed E-state index contributed by atoms with van der Waals surface area (Å²) in [5, 5.41) is 0. The predicted molar refractivity (Wildman–Crippen MR) is 103 cm³/mol. The van der Waals surface area contributed by atoms with E-state index in [2.05, 4.69) is 4.90 Å². The van der Waals surface area contributed by atoms with E-state index in [0.29, 0.717) is 45.7 Å². The van der Waals surface area contributed by atoms with E-state index in [1.54, 1.807) is 16.3 Å². The van der Waals surface area contributed by atoms with Crippen LogP contribution in [-0.4, -0.2) is 99.3 Å². The summed E-state index contributed by atoms with van der Waals surface area (Å²) in [5.41, 5.74) is 0.924. The van der Waals surface area contributed by atoms with Crippen molar-refractivity contribution >= 4 is 16.1 Å². The van der Waals surface area contributed by atoms with Crippen molar-refractivity contribution in [2.45, 2.75) is 6.42 Å². The number of nitrogens with zero attached hydrogens (tertiary/aromatic N) is 4. The van der Waals surface area contributed by atoms with Gasteiger partial charge in [-0.2, -0.15) is 17.0 Å². The van der Waals surface area contributed by atoms with E-state index in [1.807, 2.05) is 31.3 Å². The number of likely N-dealkylation sites (N-methyl/N-ethyl adjacent to an activating group) is 1. The Labute approximate surface area is 161 Å². The first kappa shape index (κ1) is 20.1. The number of hydrogen-bond acceptors (Lipinski definition) is 5. The Hall–Kier alpha value is -1.68. The maximum absolute atomic E-state index is 12.8. The lowest BCUT2D eigenvalue weighted by Gasteiger charge is -2.39. The summed E-state index contributed by atoms with van der Waals surface area (Å²) in [6.45, 7) is 4.11. The van der Waals surface area contributed by atoms with Crippen molar-refractivity contribution < 1.29 is 17.9 Å². The molecule has 0 N–H and O–H groups in total. The summed E-state index contributed by atoms with van der Waals surface area (Å²) < 4.78 is 33.8. The third-order valence-corrected chi connectivity index (χ3v) is 7.26. The molecule has 0 radical (unpaired) electrons. The normalized spacial score (nSPS) is 20.6. The molecule has 2 aliphatic rings. The molecule has 0 bridgehead atoms. The van der Waals surface area contributed by atoms with Gasteiger partial charge in [0.25, 0.3) is 10.2 Å². The zero-order valence-electron chi connectivity index (χ0n) is 16.0. The van der Waals surface area contributed by atoms with E-state index < -0.39 is 10.2 Å². The van der Waals surface area contributed by atoms with Gasteiger partial charge in [-0.3, -0.25) is 4.79 Å². The maximum Gasteiger partial charge on any atom is 0.282 e. The molecule has 150 valence electrons. The first-order chi connectivity index (χ1) is 12.9. The van der Waals surface area contributed by atoms with Crippen molar-refractivity contribution in [3.63, 3.8) is 0 Å². The molecule has 1 amide bonds. The monoisotopic (exact) mass is 396 g/mol. The van der Waals surface area contributed by atoms with Gasteiger partial charge < -0.3 is 14.5 Å². The lowest BCUT2D eigenvalue weighted by molar-refractivity contribution is -0.131. The molecule has 9 heteroatoms. The minimum Gasteiger partial charge on any atom is -0.497 e. The lowest BCUT2D eigenvalue weighted by atomic mass is 10.1. The third-order valence-electron chi connectivity index (χ3n) is 5.22. The number of carbonyl (C=O) groups excluding carboxylic acids is 1. The van der Waals surface area contributed by atoms with Gasteiger partial charge in [0.05, 0.1) is 13.5 Å². The molecule has 1 aromatic carbocycles. The topological polar surface area (TPSA) is 73.4 Å². The summed E-state index contributed by atoms with van der Waals surface area (Å²) in [7, 11) is 0.168. The molecular weight excluding hydrogens is 368 g/mol. The van der Waals surface area contributed by atoms with Crippen LogP contribution in [0.4, 0.5) is 0 Å². The van der Waals surface area contributed by atoms with Gasteiger partial charge >= 0.3 is 0 Å². The lowest BCUT2D eigenvalue weighted by Crippen LogP contribution is -2.57. The molecule has 2 fully saturated rings. The fourth-order valence-corrected chi connectivity index (χ4v) is 4.96. The highest BCUT2D eigenvalue weighted by atomic mass is 32.2. The SMILES string of the molecule is COc1ccc(CC(=O)N2CCN(S(=O)(=O)N3CCN(C)CC3)CC2)cc1. The summed E-state index contributed by atoms with van der Waals surface area (Å²) in [6, 6.07) is 7.43. The molecule has 1 aromatic rings. The zero-order chi connectivity index (χ0) is 19.4. The molecule has 0 aromatic heterocycles. The molecule has 0 spiro atoms. The first-order valence-electron chi connectivity index (χ1n) is 9.24. The molecule has 2 saturated heterocycles. The van der Waals surface area contributed by atoms with Crippen molar-refractivity contribution in [2.24, 2.45) is 0 Å². The van der Waals surface area contributed by atoms with E-state index in [1.165, 1.54) is 4.31 Å². The van der Waals surface area contributed by atoms with Gasteiger partial charge in [-0.15, -0.1) is 0 Å². The Bertz CT molecular complexity index is 737. The van der Waals surface area contributed by atoms with E-state index in [9.17, 15) is 13.2 Å². The second-order valence-corrected chi connectivity index (χ2v) is 8.94. The Morgan fingerprint density at radius 1 is 0.926 bits per heavy atom. The van der Waals surface area contributed by atoms with E-state index in [4.69, 9.17) is 4.74 Å². The molecule has 0 atom stereocenters. The number of ether oxygens (including phenoxy) is 1. The van der Waals surface area contributed by atoms with Crippen molar-refractivity contribution in [1.82, 2.24) is 18.4 Å². The third kappa shape index (κ3) is 4.78. The Morgan fingerprint density at radius 2 is 1.44 bits per heavy atom. The predicted octanol–water partition coefficient (Wildman–Crippen LogP) is -0.126. The fourth-order valence-electron chi connectivity index (χ4n) is 3.38. The molecule has 0 saturated carbocycles. The maximum atomic E-state index is 12.8. The first-order valence-corrected chi connectivity index (χ1v) is 10.6. The van der Waals surface area contributed by atoms with Crippen LogP contribution < -0.4 is 4.74 Å². The molecule has 8 nitrogen and oxygen atoms in total. The highest BCUT2D eigenvalue weighted by Gasteiger charge is 2.34. The van der Waals surface area contributed by atoms with Crippen LogP contribution in [0.25, 0.3) is 0 Å². The zero-order valence-corrected chi connectivity index (χ0v) is 16.8. The summed E-state index contributed by atoms with van der Waals surface area (Å²) in [4.78, 5) is 16.4. The van der Waals surface area contributed by atoms with Gasteiger partial charge in [0.1, 0.15) is 5.75 Å². The average Bonchev–Trinajstić information content (AvgIpc) is 2.69. The van der Waals surface area contributed by atoms with E-state index >= 15 is 0 Å². The minimum absolute atomic E-state index is 0.0248. The number of piperazine rings is 2. The number of rotatable bonds is 5. The van der Waals surface area contributed by atoms with Crippen molar-refractivity contribution in [2.75, 3.05) is 66.5 Å².